The molecule has 0 radical (unpaired) electrons. The summed E-state index contributed by atoms with van der Waals surface area (Å²) in [5, 5.41) is 12.0. The Morgan fingerprint density at radius 1 is 1.61 bits per heavy atom. The number of fused-ring (bicyclic) bond motifs is 1. The number of anilines is 1. The van der Waals surface area contributed by atoms with Crippen LogP contribution in [0.5, 0.6) is 0 Å². The molecule has 6 heteroatoms. The number of halogens is 1. The van der Waals surface area contributed by atoms with Crippen molar-refractivity contribution in [1.82, 2.24) is 0 Å². The van der Waals surface area contributed by atoms with Crippen LogP contribution >= 0.6 is 0 Å². The summed E-state index contributed by atoms with van der Waals surface area (Å²) in [6, 6.07) is 3.98. The Bertz CT molecular complexity index is 502. The van der Waals surface area contributed by atoms with E-state index in [2.05, 4.69) is 5.16 Å². The highest BCUT2D eigenvalue weighted by Crippen LogP contribution is 2.28. The predicted octanol–water partition coefficient (Wildman–Crippen LogP) is 2.37. The van der Waals surface area contributed by atoms with Crippen LogP contribution in [0.1, 0.15) is 18.9 Å². The molecule has 0 spiro atoms. The van der Waals surface area contributed by atoms with E-state index in [4.69, 9.17) is 9.94 Å². The minimum absolute atomic E-state index is 0.271. The standard InChI is InChI=1S/C12H13FN2O3/c1-2-18-12(16)15-6-5-10(14-17)9-7-8(13)3-4-11(9)15/h3-4,7,17H,2,5-6H2,1H3/b14-10-. The second-order valence-corrected chi connectivity index (χ2v) is 3.81. The van der Waals surface area contributed by atoms with Crippen molar-refractivity contribution < 1.29 is 19.1 Å². The predicted molar refractivity (Wildman–Crippen MR) is 63.7 cm³/mol. The van der Waals surface area contributed by atoms with Gasteiger partial charge in [-0.15, -0.1) is 0 Å². The third-order valence-corrected chi connectivity index (χ3v) is 2.74. The molecule has 0 saturated heterocycles. The maximum Gasteiger partial charge on any atom is 0.414 e. The third-order valence-electron chi connectivity index (χ3n) is 2.74. The Hall–Kier alpha value is -2.11. The smallest absolute Gasteiger partial charge is 0.414 e. The molecule has 0 fully saturated rings. The van der Waals surface area contributed by atoms with Gasteiger partial charge in [-0.05, 0) is 25.1 Å². The highest BCUT2D eigenvalue weighted by atomic mass is 19.1. The van der Waals surface area contributed by atoms with Gasteiger partial charge in [0.2, 0.25) is 0 Å². The monoisotopic (exact) mass is 252 g/mol. The lowest BCUT2D eigenvalue weighted by Gasteiger charge is -2.28. The number of hydrogen-bond donors (Lipinski definition) is 1. The van der Waals surface area contributed by atoms with E-state index in [0.29, 0.717) is 29.9 Å². The van der Waals surface area contributed by atoms with Crippen molar-refractivity contribution in [3.63, 3.8) is 0 Å². The van der Waals surface area contributed by atoms with Crippen LogP contribution in [0.15, 0.2) is 23.4 Å². The van der Waals surface area contributed by atoms with Crippen molar-refractivity contribution in [2.24, 2.45) is 5.16 Å². The van der Waals surface area contributed by atoms with Gasteiger partial charge in [0.15, 0.2) is 0 Å². The molecule has 1 amide bonds. The van der Waals surface area contributed by atoms with Crippen LogP contribution in [0.2, 0.25) is 0 Å². The molecule has 5 nitrogen and oxygen atoms in total. The van der Waals surface area contributed by atoms with Gasteiger partial charge in [-0.2, -0.15) is 0 Å². The Kier molecular flexibility index (Phi) is 3.45. The van der Waals surface area contributed by atoms with Gasteiger partial charge in [-0.25, -0.2) is 9.18 Å². The van der Waals surface area contributed by atoms with Gasteiger partial charge in [0.1, 0.15) is 5.82 Å². The van der Waals surface area contributed by atoms with Crippen molar-refractivity contribution >= 4 is 17.5 Å². The molecule has 18 heavy (non-hydrogen) atoms. The second kappa shape index (κ2) is 5.03. The zero-order chi connectivity index (χ0) is 13.1. The fourth-order valence-corrected chi connectivity index (χ4v) is 1.94. The number of nitrogens with zero attached hydrogens (tertiary/aromatic N) is 2. The maximum atomic E-state index is 13.2. The van der Waals surface area contributed by atoms with Gasteiger partial charge in [-0.1, -0.05) is 5.16 Å². The molecule has 1 aliphatic heterocycles. The number of amides is 1. The number of benzene rings is 1. The molecule has 1 aromatic carbocycles. The summed E-state index contributed by atoms with van der Waals surface area (Å²) in [5.74, 6) is -0.444. The lowest BCUT2D eigenvalue weighted by atomic mass is 10.00. The molecule has 1 aromatic rings. The first-order chi connectivity index (χ1) is 8.67. The number of rotatable bonds is 1. The first-order valence-corrected chi connectivity index (χ1v) is 5.62. The molecule has 1 N–H and O–H groups in total. The van der Waals surface area contributed by atoms with Crippen molar-refractivity contribution in [3.8, 4) is 0 Å². The summed E-state index contributed by atoms with van der Waals surface area (Å²) >= 11 is 0. The fraction of sp³-hybridized carbons (Fsp3) is 0.333. The summed E-state index contributed by atoms with van der Waals surface area (Å²) in [4.78, 5) is 13.2. The van der Waals surface area contributed by atoms with Crippen LogP contribution in [0.3, 0.4) is 0 Å². The molecular formula is C12H13FN2O3. The Morgan fingerprint density at radius 2 is 2.39 bits per heavy atom. The molecule has 0 atom stereocenters. The first-order valence-electron chi connectivity index (χ1n) is 5.62. The van der Waals surface area contributed by atoms with E-state index < -0.39 is 11.9 Å². The number of ether oxygens (including phenoxy) is 1. The highest BCUT2D eigenvalue weighted by Gasteiger charge is 2.27. The summed E-state index contributed by atoms with van der Waals surface area (Å²) in [6.07, 6.45) is -0.131. The Morgan fingerprint density at radius 3 is 3.06 bits per heavy atom. The van der Waals surface area contributed by atoms with E-state index in [9.17, 15) is 9.18 Å². The lowest BCUT2D eigenvalue weighted by Crippen LogP contribution is -2.38. The normalized spacial score (nSPS) is 16.6. The molecule has 1 aliphatic rings. The van der Waals surface area contributed by atoms with E-state index in [1.165, 1.54) is 23.1 Å². The largest absolute Gasteiger partial charge is 0.449 e. The van der Waals surface area contributed by atoms with Crippen molar-refractivity contribution in [2.75, 3.05) is 18.1 Å². The van der Waals surface area contributed by atoms with Crippen LogP contribution in [0, 0.1) is 5.82 Å². The molecule has 0 aromatic heterocycles. The lowest BCUT2D eigenvalue weighted by molar-refractivity contribution is 0.159. The van der Waals surface area contributed by atoms with Gasteiger partial charge in [0.05, 0.1) is 18.0 Å². The van der Waals surface area contributed by atoms with Gasteiger partial charge in [0.25, 0.3) is 0 Å². The fourth-order valence-electron chi connectivity index (χ4n) is 1.94. The molecule has 96 valence electrons. The number of carbonyl (C=O) groups is 1. The van der Waals surface area contributed by atoms with Crippen molar-refractivity contribution in [3.05, 3.63) is 29.6 Å². The molecule has 0 unspecified atom stereocenters. The van der Waals surface area contributed by atoms with E-state index >= 15 is 0 Å². The van der Waals surface area contributed by atoms with Crippen molar-refractivity contribution in [1.29, 1.82) is 0 Å². The molecule has 2 rings (SSSR count). The maximum absolute atomic E-state index is 13.2. The van der Waals surface area contributed by atoms with Crippen LogP contribution in [0.4, 0.5) is 14.9 Å². The van der Waals surface area contributed by atoms with Crippen LogP contribution in [0.25, 0.3) is 0 Å². The summed E-state index contributed by atoms with van der Waals surface area (Å²) in [6.45, 7) is 2.33. The first kappa shape index (κ1) is 12.3. The zero-order valence-electron chi connectivity index (χ0n) is 9.89. The average molecular weight is 252 g/mol. The quantitative estimate of drug-likeness (QED) is 0.616. The SMILES string of the molecule is CCOC(=O)N1CC/C(=N/O)c2cc(F)ccc21. The summed E-state index contributed by atoms with van der Waals surface area (Å²) < 4.78 is 18.1. The topological polar surface area (TPSA) is 62.1 Å². The Labute approximate surface area is 103 Å². The zero-order valence-corrected chi connectivity index (χ0v) is 9.89. The van der Waals surface area contributed by atoms with E-state index in [0.717, 1.165) is 0 Å². The molecule has 0 bridgehead atoms. The van der Waals surface area contributed by atoms with Crippen LogP contribution < -0.4 is 4.90 Å². The molecule has 1 heterocycles. The van der Waals surface area contributed by atoms with E-state index in [-0.39, 0.29) is 6.61 Å². The van der Waals surface area contributed by atoms with Crippen LogP contribution in [-0.4, -0.2) is 30.2 Å². The number of hydrogen-bond acceptors (Lipinski definition) is 4. The highest BCUT2D eigenvalue weighted by molar-refractivity contribution is 6.10. The minimum atomic E-state index is -0.484. The molecular weight excluding hydrogens is 239 g/mol. The Balaban J connectivity index is 2.43. The molecule has 0 aliphatic carbocycles. The van der Waals surface area contributed by atoms with Gasteiger partial charge >= 0.3 is 6.09 Å². The van der Waals surface area contributed by atoms with Gasteiger partial charge in [-0.3, -0.25) is 4.90 Å². The third kappa shape index (κ3) is 2.13. The van der Waals surface area contributed by atoms with E-state index in [1.54, 1.807) is 6.92 Å². The number of carbonyl (C=O) groups excluding carboxylic acids is 1. The second-order valence-electron chi connectivity index (χ2n) is 3.81. The molecule has 0 saturated carbocycles. The van der Waals surface area contributed by atoms with Crippen LogP contribution in [-0.2, 0) is 4.74 Å². The average Bonchev–Trinajstić information content (AvgIpc) is 2.37. The number of oxime groups is 1. The van der Waals surface area contributed by atoms with Crippen molar-refractivity contribution in [2.45, 2.75) is 13.3 Å². The van der Waals surface area contributed by atoms with Gasteiger partial charge in [0, 0.05) is 18.5 Å². The van der Waals surface area contributed by atoms with E-state index in [1.807, 2.05) is 0 Å². The summed E-state index contributed by atoms with van der Waals surface area (Å²) in [5.41, 5.74) is 1.27. The summed E-state index contributed by atoms with van der Waals surface area (Å²) in [7, 11) is 0. The minimum Gasteiger partial charge on any atom is -0.449 e. The van der Waals surface area contributed by atoms with Gasteiger partial charge < -0.3 is 9.94 Å².